The van der Waals surface area contributed by atoms with E-state index in [-0.39, 0.29) is 35.6 Å². The number of rotatable bonds is 4. The number of unbranched alkanes of at least 4 members (excludes halogenated alkanes) is 1. The fraction of sp³-hybridized carbons (Fsp3) is 0.182. The van der Waals surface area contributed by atoms with Crippen molar-refractivity contribution in [2.75, 3.05) is 0 Å². The summed E-state index contributed by atoms with van der Waals surface area (Å²) in [5, 5.41) is 2.60. The molecule has 134 valence electrons. The Kier molecular flexibility index (Phi) is 11.7. The van der Waals surface area contributed by atoms with Crippen molar-refractivity contribution in [1.82, 2.24) is 4.57 Å². The van der Waals surface area contributed by atoms with Gasteiger partial charge in [0.1, 0.15) is 0 Å². The van der Waals surface area contributed by atoms with Crippen LogP contribution in [0.3, 0.4) is 0 Å². The summed E-state index contributed by atoms with van der Waals surface area (Å²) in [6.45, 7) is 2.23. The van der Waals surface area contributed by atoms with E-state index in [0.717, 1.165) is 0 Å². The van der Waals surface area contributed by atoms with Gasteiger partial charge in [-0.15, -0.1) is 41.1 Å². The summed E-state index contributed by atoms with van der Waals surface area (Å²) in [5.41, 5.74) is 2.72. The molecule has 0 bridgehead atoms. The molecule has 0 fully saturated rings. The van der Waals surface area contributed by atoms with Crippen LogP contribution in [0.1, 0.15) is 25.3 Å². The van der Waals surface area contributed by atoms with Crippen LogP contribution in [0.15, 0.2) is 85.2 Å². The predicted molar refractivity (Wildman–Crippen MR) is 99.5 cm³/mol. The molecule has 0 saturated carbocycles. The van der Waals surface area contributed by atoms with Gasteiger partial charge in [-0.1, -0.05) is 32.3 Å². The predicted octanol–water partition coefficient (Wildman–Crippen LogP) is 0.103. The first-order chi connectivity index (χ1) is 11.4. The van der Waals surface area contributed by atoms with Crippen LogP contribution in [0.25, 0.3) is 16.5 Å². The van der Waals surface area contributed by atoms with Crippen molar-refractivity contribution in [3.63, 3.8) is 0 Å². The molecule has 0 radical (unpaired) electrons. The van der Waals surface area contributed by atoms with Gasteiger partial charge in [0, 0.05) is 12.4 Å². The Hall–Kier alpha value is -1.80. The number of aromatic nitrogens is 1. The van der Waals surface area contributed by atoms with Gasteiger partial charge in [0.05, 0.1) is 0 Å². The van der Waals surface area contributed by atoms with Crippen LogP contribution in [-0.2, 0) is 32.6 Å². The standard InChI is InChI=1S/C13H10N.C9H13.2FH.Zr/c1-2-6-12-10-13(9-11(12)5-1)14-7-3-4-8-14;1-2-3-6-9-7-4-5-8-9;;;/h1-10H;4-5,7-8H,2-3,6H2,1H3;2*1H;/q2*-1;;;+4/p-2. The summed E-state index contributed by atoms with van der Waals surface area (Å²) in [4.78, 5) is 0. The van der Waals surface area contributed by atoms with Gasteiger partial charge >= 0.3 is 26.2 Å². The molecule has 0 N–H and O–H groups in total. The second kappa shape index (κ2) is 12.5. The molecule has 3 aromatic carbocycles. The van der Waals surface area contributed by atoms with Gasteiger partial charge in [-0.05, 0) is 17.8 Å². The second-order valence-corrected chi connectivity index (χ2v) is 5.83. The van der Waals surface area contributed by atoms with Gasteiger partial charge < -0.3 is 14.0 Å². The van der Waals surface area contributed by atoms with Gasteiger partial charge in [-0.25, -0.2) is 12.1 Å². The van der Waals surface area contributed by atoms with Gasteiger partial charge in [0.2, 0.25) is 0 Å². The zero-order valence-electron chi connectivity index (χ0n) is 14.9. The van der Waals surface area contributed by atoms with Crippen LogP contribution in [0.5, 0.6) is 0 Å². The summed E-state index contributed by atoms with van der Waals surface area (Å²) in [7, 11) is 0. The molecule has 0 saturated heterocycles. The molecule has 1 aromatic heterocycles. The zero-order chi connectivity index (χ0) is 15.9. The summed E-state index contributed by atoms with van der Waals surface area (Å²) >= 11 is 0. The maximum atomic E-state index is 2.23. The van der Waals surface area contributed by atoms with E-state index in [4.69, 9.17) is 0 Å². The molecule has 4 rings (SSSR count). The first-order valence-electron chi connectivity index (χ1n) is 8.36. The third kappa shape index (κ3) is 6.49. The van der Waals surface area contributed by atoms with E-state index in [1.54, 1.807) is 0 Å². The van der Waals surface area contributed by atoms with Crippen molar-refractivity contribution >= 4 is 10.8 Å². The zero-order valence-corrected chi connectivity index (χ0v) is 17.4. The number of nitrogens with zero attached hydrogens (tertiary/aromatic N) is 1. The Morgan fingerprint density at radius 1 is 0.923 bits per heavy atom. The van der Waals surface area contributed by atoms with E-state index in [9.17, 15) is 0 Å². The van der Waals surface area contributed by atoms with Crippen LogP contribution < -0.4 is 9.41 Å². The van der Waals surface area contributed by atoms with E-state index >= 15 is 0 Å². The normalized spacial score (nSPS) is 9.27. The number of benzene rings is 1. The third-order valence-electron chi connectivity index (χ3n) is 4.06. The molecule has 0 atom stereocenters. The fourth-order valence-corrected chi connectivity index (χ4v) is 2.75. The SMILES string of the molecule is CCCC[c-]1cccc1.[F-].[F-].[Zr+4].c1ccc2[cH-]c(-n3cccc3)cc2c1. The molecule has 0 aliphatic rings. The maximum Gasteiger partial charge on any atom is 4.00 e. The first-order valence-corrected chi connectivity index (χ1v) is 8.36. The quantitative estimate of drug-likeness (QED) is 0.405. The monoisotopic (exact) mass is 429 g/mol. The molecule has 0 amide bonds. The van der Waals surface area contributed by atoms with Crippen LogP contribution >= 0.6 is 0 Å². The number of hydrogen-bond acceptors (Lipinski definition) is 0. The van der Waals surface area contributed by atoms with E-state index in [1.165, 1.54) is 41.3 Å². The third-order valence-corrected chi connectivity index (χ3v) is 4.06. The maximum absolute atomic E-state index is 2.23. The van der Waals surface area contributed by atoms with Crippen molar-refractivity contribution in [2.45, 2.75) is 26.2 Å². The van der Waals surface area contributed by atoms with Crippen molar-refractivity contribution in [1.29, 1.82) is 0 Å². The fourth-order valence-electron chi connectivity index (χ4n) is 2.75. The molecule has 0 aliphatic heterocycles. The Labute approximate surface area is 173 Å². The molecule has 26 heavy (non-hydrogen) atoms. The molecule has 0 aliphatic carbocycles. The number of fused-ring (bicyclic) bond motifs is 1. The van der Waals surface area contributed by atoms with Crippen molar-refractivity contribution in [3.05, 3.63) is 90.8 Å². The van der Waals surface area contributed by atoms with Gasteiger partial charge in [0.15, 0.2) is 0 Å². The Bertz CT molecular complexity index is 784. The van der Waals surface area contributed by atoms with Gasteiger partial charge in [-0.2, -0.15) is 17.7 Å². The van der Waals surface area contributed by atoms with Gasteiger partial charge in [0.25, 0.3) is 0 Å². The summed E-state index contributed by atoms with van der Waals surface area (Å²) < 4.78 is 2.12. The average Bonchev–Trinajstić information content (AvgIpc) is 3.34. The number of hydrogen-bond donors (Lipinski definition) is 0. The molecule has 1 heterocycles. The molecular weight excluding hydrogens is 407 g/mol. The number of halogens is 2. The van der Waals surface area contributed by atoms with Crippen molar-refractivity contribution in [3.8, 4) is 5.69 Å². The summed E-state index contributed by atoms with van der Waals surface area (Å²) in [5.74, 6) is 0. The number of aryl methyl sites for hydroxylation is 1. The van der Waals surface area contributed by atoms with Crippen LogP contribution in [0, 0.1) is 0 Å². The van der Waals surface area contributed by atoms with Crippen molar-refractivity contribution in [2.24, 2.45) is 0 Å². The summed E-state index contributed by atoms with van der Waals surface area (Å²) in [6.07, 6.45) is 8.00. The average molecular weight is 431 g/mol. The van der Waals surface area contributed by atoms with Crippen LogP contribution in [0.4, 0.5) is 0 Å². The summed E-state index contributed by atoms with van der Waals surface area (Å²) in [6, 6.07) is 25.5. The minimum atomic E-state index is 0. The Morgan fingerprint density at radius 3 is 2.19 bits per heavy atom. The minimum absolute atomic E-state index is 0. The second-order valence-electron chi connectivity index (χ2n) is 5.83. The van der Waals surface area contributed by atoms with Crippen LogP contribution in [0.2, 0.25) is 0 Å². The van der Waals surface area contributed by atoms with E-state index in [2.05, 4.69) is 84.5 Å². The van der Waals surface area contributed by atoms with E-state index in [1.807, 2.05) is 12.1 Å². The topological polar surface area (TPSA) is 4.93 Å². The van der Waals surface area contributed by atoms with E-state index in [0.29, 0.717) is 0 Å². The Morgan fingerprint density at radius 2 is 1.58 bits per heavy atom. The molecule has 4 aromatic rings. The Balaban J connectivity index is 0.000000466. The smallest absolute Gasteiger partial charge is 1.00 e. The minimum Gasteiger partial charge on any atom is -1.00 e. The largest absolute Gasteiger partial charge is 4.00 e. The molecule has 4 heteroatoms. The molecular formula is C22H23F2NZr. The molecule has 1 nitrogen and oxygen atoms in total. The van der Waals surface area contributed by atoms with Crippen molar-refractivity contribution < 1.29 is 35.6 Å². The molecule has 0 spiro atoms. The van der Waals surface area contributed by atoms with Crippen LogP contribution in [-0.4, -0.2) is 4.57 Å². The van der Waals surface area contributed by atoms with Gasteiger partial charge in [-0.3, -0.25) is 0 Å². The first kappa shape index (κ1) is 24.2. The van der Waals surface area contributed by atoms with E-state index < -0.39 is 0 Å². The molecule has 0 unspecified atom stereocenters.